The maximum Gasteiger partial charge on any atom is 0.136 e. The summed E-state index contributed by atoms with van der Waals surface area (Å²) in [6.45, 7) is 4.72. The van der Waals surface area contributed by atoms with Crippen LogP contribution in [0.4, 0.5) is 17.1 Å². The molecule has 0 fully saturated rings. The zero-order valence-electron chi connectivity index (χ0n) is 34.3. The van der Waals surface area contributed by atoms with E-state index < -0.39 is 0 Å². The van der Waals surface area contributed by atoms with Crippen LogP contribution in [0.25, 0.3) is 98.8 Å². The van der Waals surface area contributed by atoms with E-state index in [0.717, 1.165) is 83.2 Å². The van der Waals surface area contributed by atoms with Crippen molar-refractivity contribution in [3.8, 4) is 33.4 Å². The number of para-hydroxylation sites is 3. The Labute approximate surface area is 358 Å². The molecule has 0 saturated carbocycles. The minimum atomic E-state index is -0.193. The molecule has 10 aromatic carbocycles. The van der Waals surface area contributed by atoms with Crippen molar-refractivity contribution in [3.05, 3.63) is 211 Å². The Morgan fingerprint density at radius 3 is 1.85 bits per heavy atom. The van der Waals surface area contributed by atoms with Gasteiger partial charge >= 0.3 is 0 Å². The molecule has 2 heterocycles. The Hall–Kier alpha value is -7.88. The summed E-state index contributed by atoms with van der Waals surface area (Å²) >= 11 is 0. The molecule has 3 nitrogen and oxygen atoms in total. The largest absolute Gasteiger partial charge is 0.456 e. The standard InChI is InChI=1S/C59H39NO2/c1-59(2)49-23-11-7-20-43(49)44-30-28-38(35-50(44)59)60(51-24-12-8-17-40(51)37-27-29-46-45-21-9-13-25-53(45)62-56(46)34-37)52-31-32-55-58(47-22-10-14-26-54(47)61-55)57(52)48-33-36-15-3-4-16-39(36)41-18-5-6-19-42(41)48/h3-35H,1-2H3. The molecule has 0 aliphatic heterocycles. The number of hydrogen-bond donors (Lipinski definition) is 0. The molecule has 0 unspecified atom stereocenters. The fourth-order valence-corrected chi connectivity index (χ4v) is 10.6. The minimum absolute atomic E-state index is 0.193. The van der Waals surface area contributed by atoms with Crippen LogP contribution >= 0.6 is 0 Å². The summed E-state index contributed by atoms with van der Waals surface area (Å²) in [6, 6.07) is 72.6. The number of fused-ring (bicyclic) bond motifs is 12. The van der Waals surface area contributed by atoms with Crippen molar-refractivity contribution in [3.63, 3.8) is 0 Å². The predicted octanol–water partition coefficient (Wildman–Crippen LogP) is 16.9. The molecule has 0 amide bonds. The topological polar surface area (TPSA) is 29.5 Å². The van der Waals surface area contributed by atoms with Crippen molar-refractivity contribution in [1.82, 2.24) is 0 Å². The van der Waals surface area contributed by atoms with Gasteiger partial charge in [0.15, 0.2) is 0 Å². The second-order valence-electron chi connectivity index (χ2n) is 17.2. The lowest BCUT2D eigenvalue weighted by atomic mass is 9.82. The highest BCUT2D eigenvalue weighted by atomic mass is 16.3. The van der Waals surface area contributed by atoms with Crippen LogP contribution in [-0.4, -0.2) is 0 Å². The first kappa shape index (κ1) is 34.9. The van der Waals surface area contributed by atoms with Crippen molar-refractivity contribution in [2.24, 2.45) is 0 Å². The highest BCUT2D eigenvalue weighted by Gasteiger charge is 2.36. The van der Waals surface area contributed by atoms with Crippen molar-refractivity contribution in [2.75, 3.05) is 4.90 Å². The minimum Gasteiger partial charge on any atom is -0.456 e. The van der Waals surface area contributed by atoms with Gasteiger partial charge in [0.05, 0.1) is 11.4 Å². The van der Waals surface area contributed by atoms with E-state index in [2.05, 4.69) is 207 Å². The first-order valence-corrected chi connectivity index (χ1v) is 21.4. The highest BCUT2D eigenvalue weighted by Crippen LogP contribution is 2.54. The van der Waals surface area contributed by atoms with Gasteiger partial charge in [0.25, 0.3) is 0 Å². The Kier molecular flexibility index (Phi) is 7.36. The smallest absolute Gasteiger partial charge is 0.136 e. The average molecular weight is 794 g/mol. The van der Waals surface area contributed by atoms with Crippen LogP contribution in [0.2, 0.25) is 0 Å². The van der Waals surface area contributed by atoms with Gasteiger partial charge in [-0.3, -0.25) is 0 Å². The first-order valence-electron chi connectivity index (χ1n) is 21.4. The molecule has 1 aliphatic rings. The SMILES string of the molecule is CC1(C)c2ccccc2-c2ccc(N(c3ccccc3-c3ccc4c(c3)oc3ccccc34)c3ccc4oc5ccccc5c4c3-c3cc4ccccc4c4ccccc34)cc21. The van der Waals surface area contributed by atoms with Crippen molar-refractivity contribution in [1.29, 1.82) is 0 Å². The fourth-order valence-electron chi connectivity index (χ4n) is 10.6. The molecule has 292 valence electrons. The molecular formula is C59H39NO2. The number of benzene rings is 10. The first-order chi connectivity index (χ1) is 30.5. The normalized spacial score (nSPS) is 13.1. The van der Waals surface area contributed by atoms with Gasteiger partial charge < -0.3 is 13.7 Å². The summed E-state index contributed by atoms with van der Waals surface area (Å²) < 4.78 is 13.2. The lowest BCUT2D eigenvalue weighted by Gasteiger charge is -2.32. The molecule has 0 N–H and O–H groups in total. The van der Waals surface area contributed by atoms with Gasteiger partial charge in [0.1, 0.15) is 22.3 Å². The lowest BCUT2D eigenvalue weighted by molar-refractivity contribution is 0.660. The van der Waals surface area contributed by atoms with E-state index >= 15 is 0 Å². The summed E-state index contributed by atoms with van der Waals surface area (Å²) in [5.41, 5.74) is 16.2. The van der Waals surface area contributed by atoms with E-state index in [0.29, 0.717) is 0 Å². The van der Waals surface area contributed by atoms with Gasteiger partial charge in [-0.2, -0.15) is 0 Å². The Morgan fingerprint density at radius 2 is 1.00 bits per heavy atom. The molecule has 0 saturated heterocycles. The van der Waals surface area contributed by atoms with E-state index in [1.54, 1.807) is 0 Å². The summed E-state index contributed by atoms with van der Waals surface area (Å²) in [4.78, 5) is 2.50. The Bertz CT molecular complexity index is 3810. The number of hydrogen-bond acceptors (Lipinski definition) is 3. The van der Waals surface area contributed by atoms with Crippen LogP contribution in [0.3, 0.4) is 0 Å². The van der Waals surface area contributed by atoms with Gasteiger partial charge in [-0.05, 0) is 116 Å². The summed E-state index contributed by atoms with van der Waals surface area (Å²) in [5, 5.41) is 9.27. The quantitative estimate of drug-likeness (QED) is 0.163. The third kappa shape index (κ3) is 5.00. The zero-order chi connectivity index (χ0) is 41.1. The van der Waals surface area contributed by atoms with Crippen molar-refractivity contribution in [2.45, 2.75) is 19.3 Å². The Balaban J connectivity index is 1.15. The second kappa shape index (κ2) is 13.1. The fraction of sp³-hybridized carbons (Fsp3) is 0.0508. The summed E-state index contributed by atoms with van der Waals surface area (Å²) in [5.74, 6) is 0. The van der Waals surface area contributed by atoms with Crippen molar-refractivity contribution >= 4 is 82.5 Å². The molecule has 1 aliphatic carbocycles. The molecule has 62 heavy (non-hydrogen) atoms. The van der Waals surface area contributed by atoms with Gasteiger partial charge in [0, 0.05) is 43.8 Å². The van der Waals surface area contributed by atoms with Crippen LogP contribution in [-0.2, 0) is 5.41 Å². The van der Waals surface area contributed by atoms with Crippen LogP contribution in [0, 0.1) is 0 Å². The molecular weight excluding hydrogens is 755 g/mol. The number of nitrogens with zero attached hydrogens (tertiary/aromatic N) is 1. The molecule has 0 spiro atoms. The molecule has 12 aromatic rings. The molecule has 0 radical (unpaired) electrons. The second-order valence-corrected chi connectivity index (χ2v) is 17.2. The molecule has 0 bridgehead atoms. The van der Waals surface area contributed by atoms with Crippen LogP contribution in [0.15, 0.2) is 209 Å². The molecule has 3 heteroatoms. The van der Waals surface area contributed by atoms with Crippen LogP contribution in [0.1, 0.15) is 25.0 Å². The predicted molar refractivity (Wildman–Crippen MR) is 259 cm³/mol. The van der Waals surface area contributed by atoms with Crippen LogP contribution < -0.4 is 4.90 Å². The summed E-state index contributed by atoms with van der Waals surface area (Å²) in [7, 11) is 0. The maximum atomic E-state index is 6.71. The van der Waals surface area contributed by atoms with Gasteiger partial charge in [-0.25, -0.2) is 0 Å². The van der Waals surface area contributed by atoms with E-state index in [1.165, 1.54) is 43.8 Å². The maximum absolute atomic E-state index is 6.71. The third-order valence-corrected chi connectivity index (χ3v) is 13.5. The Morgan fingerprint density at radius 1 is 0.371 bits per heavy atom. The summed E-state index contributed by atoms with van der Waals surface area (Å²) in [6.07, 6.45) is 0. The van der Waals surface area contributed by atoms with Gasteiger partial charge in [-0.1, -0.05) is 153 Å². The highest BCUT2D eigenvalue weighted by molar-refractivity contribution is 6.23. The van der Waals surface area contributed by atoms with E-state index in [9.17, 15) is 0 Å². The molecule has 0 atom stereocenters. The number of furan rings is 2. The monoisotopic (exact) mass is 793 g/mol. The third-order valence-electron chi connectivity index (χ3n) is 13.5. The average Bonchev–Trinajstić information content (AvgIpc) is 3.96. The molecule has 13 rings (SSSR count). The van der Waals surface area contributed by atoms with Gasteiger partial charge in [0.2, 0.25) is 0 Å². The molecule has 2 aromatic heterocycles. The number of rotatable bonds is 5. The van der Waals surface area contributed by atoms with E-state index in [-0.39, 0.29) is 5.41 Å². The van der Waals surface area contributed by atoms with Crippen molar-refractivity contribution < 1.29 is 8.83 Å². The lowest BCUT2D eigenvalue weighted by Crippen LogP contribution is -2.17. The number of anilines is 3. The van der Waals surface area contributed by atoms with E-state index in [1.807, 2.05) is 12.1 Å². The zero-order valence-corrected chi connectivity index (χ0v) is 34.3. The van der Waals surface area contributed by atoms with Gasteiger partial charge in [-0.15, -0.1) is 0 Å². The van der Waals surface area contributed by atoms with Crippen LogP contribution in [0.5, 0.6) is 0 Å². The van der Waals surface area contributed by atoms with E-state index in [4.69, 9.17) is 8.83 Å².